The van der Waals surface area contributed by atoms with Crippen LogP contribution in [0.3, 0.4) is 0 Å². The van der Waals surface area contributed by atoms with Gasteiger partial charge in [-0.3, -0.25) is 4.79 Å². The van der Waals surface area contributed by atoms with Gasteiger partial charge in [0, 0.05) is 32.6 Å². The number of nitrogens with zero attached hydrogens (tertiary/aromatic N) is 2. The molecule has 1 rings (SSSR count). The van der Waals surface area contributed by atoms with Crippen LogP contribution < -0.4 is 0 Å². The molecule has 1 amide bonds. The molecule has 1 fully saturated rings. The lowest BCUT2D eigenvalue weighted by Gasteiger charge is -2.33. The van der Waals surface area contributed by atoms with E-state index in [4.69, 9.17) is 0 Å². The summed E-state index contributed by atoms with van der Waals surface area (Å²) < 4.78 is 23.8. The average molecular weight is 234 g/mol. The molecule has 0 atom stereocenters. The number of carbonyl (C=O) groups excluding carboxylic acids is 1. The fourth-order valence-electron chi connectivity index (χ4n) is 1.64. The lowest BCUT2D eigenvalue weighted by atomic mass is 10.2. The van der Waals surface area contributed by atoms with Crippen molar-refractivity contribution in [2.45, 2.75) is 19.8 Å². The van der Waals surface area contributed by atoms with E-state index in [1.165, 1.54) is 10.6 Å². The first-order valence-corrected chi connectivity index (χ1v) is 7.03. The van der Waals surface area contributed by atoms with Crippen LogP contribution in [0.4, 0.5) is 0 Å². The molecule has 0 aromatic heterocycles. The van der Waals surface area contributed by atoms with Crippen molar-refractivity contribution in [3.8, 4) is 0 Å². The largest absolute Gasteiger partial charge is 0.340 e. The number of rotatable bonds is 3. The normalized spacial score (nSPS) is 19.2. The van der Waals surface area contributed by atoms with Gasteiger partial charge in [-0.2, -0.15) is 4.31 Å². The van der Waals surface area contributed by atoms with Crippen molar-refractivity contribution in [2.75, 3.05) is 32.4 Å². The molecule has 0 aromatic rings. The Kier molecular flexibility index (Phi) is 4.10. The molecule has 5 nitrogen and oxygen atoms in total. The quantitative estimate of drug-likeness (QED) is 0.684. The zero-order chi connectivity index (χ0) is 11.5. The van der Waals surface area contributed by atoms with Crippen molar-refractivity contribution in [1.82, 2.24) is 9.21 Å². The van der Waals surface area contributed by atoms with Gasteiger partial charge in [0.25, 0.3) is 0 Å². The summed E-state index contributed by atoms with van der Waals surface area (Å²) >= 11 is 0. The average Bonchev–Trinajstić information content (AvgIpc) is 2.17. The molecule has 1 aliphatic rings. The molecule has 0 spiro atoms. The van der Waals surface area contributed by atoms with E-state index >= 15 is 0 Å². The van der Waals surface area contributed by atoms with Gasteiger partial charge in [0.2, 0.25) is 15.9 Å². The Bertz CT molecular complexity index is 318. The van der Waals surface area contributed by atoms with E-state index in [9.17, 15) is 13.2 Å². The van der Waals surface area contributed by atoms with E-state index in [0.29, 0.717) is 32.6 Å². The maximum atomic E-state index is 11.5. The molecule has 1 aliphatic heterocycles. The van der Waals surface area contributed by atoms with Crippen LogP contribution >= 0.6 is 0 Å². The molecule has 0 saturated carbocycles. The second-order valence-electron chi connectivity index (χ2n) is 3.79. The monoisotopic (exact) mass is 234 g/mol. The maximum absolute atomic E-state index is 11.5. The minimum absolute atomic E-state index is 0.130. The van der Waals surface area contributed by atoms with E-state index < -0.39 is 10.0 Å². The molecule has 0 aliphatic carbocycles. The lowest BCUT2D eigenvalue weighted by molar-refractivity contribution is -0.132. The molecular weight excluding hydrogens is 216 g/mol. The predicted molar refractivity (Wildman–Crippen MR) is 57.9 cm³/mol. The Morgan fingerprint density at radius 2 is 1.73 bits per heavy atom. The predicted octanol–water partition coefficient (Wildman–Crippen LogP) is -0.110. The van der Waals surface area contributed by atoms with Gasteiger partial charge in [0.1, 0.15) is 0 Å². The van der Waals surface area contributed by atoms with E-state index in [-0.39, 0.29) is 5.91 Å². The highest BCUT2D eigenvalue weighted by molar-refractivity contribution is 7.88. The second kappa shape index (κ2) is 4.94. The highest BCUT2D eigenvalue weighted by Crippen LogP contribution is 2.07. The Morgan fingerprint density at radius 3 is 2.13 bits per heavy atom. The topological polar surface area (TPSA) is 57.7 Å². The third kappa shape index (κ3) is 3.46. The van der Waals surface area contributed by atoms with Gasteiger partial charge >= 0.3 is 0 Å². The number of carbonyl (C=O) groups is 1. The van der Waals surface area contributed by atoms with E-state index in [1.807, 2.05) is 6.92 Å². The number of sulfonamides is 1. The summed E-state index contributed by atoms with van der Waals surface area (Å²) in [5.74, 6) is 0.130. The van der Waals surface area contributed by atoms with Crippen LogP contribution in [0, 0.1) is 0 Å². The third-order valence-corrected chi connectivity index (χ3v) is 3.83. The molecule has 0 bridgehead atoms. The molecule has 0 N–H and O–H groups in total. The fourth-order valence-corrected chi connectivity index (χ4v) is 2.47. The Hall–Kier alpha value is -0.620. The van der Waals surface area contributed by atoms with Gasteiger partial charge in [-0.1, -0.05) is 6.92 Å². The van der Waals surface area contributed by atoms with E-state index in [0.717, 1.165) is 6.42 Å². The molecule has 1 heterocycles. The SMILES string of the molecule is CCCC(=O)N1CCN(S(C)(=O)=O)CC1. The van der Waals surface area contributed by atoms with Crippen LogP contribution in [0.15, 0.2) is 0 Å². The molecular formula is C9H18N2O3S. The van der Waals surface area contributed by atoms with Crippen LogP contribution in [0.5, 0.6) is 0 Å². The smallest absolute Gasteiger partial charge is 0.222 e. The van der Waals surface area contributed by atoms with E-state index in [2.05, 4.69) is 0 Å². The summed E-state index contributed by atoms with van der Waals surface area (Å²) in [5, 5.41) is 0. The minimum Gasteiger partial charge on any atom is -0.340 e. The molecule has 1 saturated heterocycles. The van der Waals surface area contributed by atoms with Gasteiger partial charge in [0.05, 0.1) is 6.26 Å². The Morgan fingerprint density at radius 1 is 1.20 bits per heavy atom. The first-order valence-electron chi connectivity index (χ1n) is 5.18. The summed E-state index contributed by atoms with van der Waals surface area (Å²) in [5.41, 5.74) is 0. The minimum atomic E-state index is -3.09. The van der Waals surface area contributed by atoms with Gasteiger partial charge in [-0.25, -0.2) is 8.42 Å². The lowest BCUT2D eigenvalue weighted by Crippen LogP contribution is -2.50. The molecule has 15 heavy (non-hydrogen) atoms. The standard InChI is InChI=1S/C9H18N2O3S/c1-3-4-9(12)10-5-7-11(8-6-10)15(2,13)14/h3-8H2,1-2H3. The van der Waals surface area contributed by atoms with Gasteiger partial charge in [-0.05, 0) is 6.42 Å². The molecule has 0 aromatic carbocycles. The van der Waals surface area contributed by atoms with Crippen molar-refractivity contribution in [1.29, 1.82) is 0 Å². The summed E-state index contributed by atoms with van der Waals surface area (Å²) in [7, 11) is -3.09. The van der Waals surface area contributed by atoms with Gasteiger partial charge in [-0.15, -0.1) is 0 Å². The van der Waals surface area contributed by atoms with E-state index in [1.54, 1.807) is 4.90 Å². The number of amides is 1. The Balaban J connectivity index is 2.46. The van der Waals surface area contributed by atoms with Crippen LogP contribution in [-0.2, 0) is 14.8 Å². The number of hydrogen-bond donors (Lipinski definition) is 0. The zero-order valence-corrected chi connectivity index (χ0v) is 10.1. The highest BCUT2D eigenvalue weighted by atomic mass is 32.2. The van der Waals surface area contributed by atoms with Crippen LogP contribution in [0.1, 0.15) is 19.8 Å². The van der Waals surface area contributed by atoms with Crippen molar-refractivity contribution < 1.29 is 13.2 Å². The summed E-state index contributed by atoms with van der Waals surface area (Å²) in [6.07, 6.45) is 2.60. The first kappa shape index (κ1) is 12.4. The number of hydrogen-bond acceptors (Lipinski definition) is 3. The zero-order valence-electron chi connectivity index (χ0n) is 9.27. The fraction of sp³-hybridized carbons (Fsp3) is 0.889. The van der Waals surface area contributed by atoms with Crippen molar-refractivity contribution >= 4 is 15.9 Å². The highest BCUT2D eigenvalue weighted by Gasteiger charge is 2.25. The Labute approximate surface area is 91.1 Å². The van der Waals surface area contributed by atoms with Gasteiger partial charge in [0.15, 0.2) is 0 Å². The van der Waals surface area contributed by atoms with Crippen LogP contribution in [0.2, 0.25) is 0 Å². The molecule has 0 unspecified atom stereocenters. The van der Waals surface area contributed by atoms with Gasteiger partial charge < -0.3 is 4.90 Å². The summed E-state index contributed by atoms with van der Waals surface area (Å²) in [6, 6.07) is 0. The van der Waals surface area contributed by atoms with Crippen molar-refractivity contribution in [2.24, 2.45) is 0 Å². The maximum Gasteiger partial charge on any atom is 0.222 e. The first-order chi connectivity index (χ1) is 6.95. The summed E-state index contributed by atoms with van der Waals surface area (Å²) in [6.45, 7) is 3.85. The molecule has 6 heteroatoms. The molecule has 88 valence electrons. The molecule has 0 radical (unpaired) electrons. The second-order valence-corrected chi connectivity index (χ2v) is 5.78. The van der Waals surface area contributed by atoms with Crippen LogP contribution in [0.25, 0.3) is 0 Å². The third-order valence-electron chi connectivity index (χ3n) is 2.52. The van der Waals surface area contributed by atoms with Crippen molar-refractivity contribution in [3.05, 3.63) is 0 Å². The van der Waals surface area contributed by atoms with Crippen LogP contribution in [-0.4, -0.2) is 56.0 Å². The number of piperazine rings is 1. The summed E-state index contributed by atoms with van der Waals surface area (Å²) in [4.78, 5) is 13.3. The van der Waals surface area contributed by atoms with Crippen molar-refractivity contribution in [3.63, 3.8) is 0 Å².